The molecule has 0 N–H and O–H groups in total. The van der Waals surface area contributed by atoms with E-state index in [2.05, 4.69) is 18.4 Å². The molecule has 15 heavy (non-hydrogen) atoms. The predicted octanol–water partition coefficient (Wildman–Crippen LogP) is 3.49. The Morgan fingerprint density at radius 1 is 1.47 bits per heavy atom. The van der Waals surface area contributed by atoms with Crippen LogP contribution in [0.25, 0.3) is 0 Å². The Morgan fingerprint density at radius 2 is 2.13 bits per heavy atom. The molecule has 0 atom stereocenters. The maximum Gasteiger partial charge on any atom is 0.130 e. The molecule has 82 valence electrons. The van der Waals surface area contributed by atoms with Gasteiger partial charge in [-0.25, -0.2) is 0 Å². The second-order valence-corrected chi connectivity index (χ2v) is 3.76. The molecule has 0 aromatic rings. The Bertz CT molecular complexity index is 315. The van der Waals surface area contributed by atoms with Gasteiger partial charge in [-0.15, -0.1) is 11.6 Å². The Morgan fingerprint density at radius 3 is 2.67 bits per heavy atom. The summed E-state index contributed by atoms with van der Waals surface area (Å²) >= 11 is 5.57. The van der Waals surface area contributed by atoms with Crippen LogP contribution in [0.3, 0.4) is 0 Å². The summed E-state index contributed by atoms with van der Waals surface area (Å²) in [6.07, 6.45) is 3.99. The summed E-state index contributed by atoms with van der Waals surface area (Å²) in [5, 5.41) is 0. The van der Waals surface area contributed by atoms with E-state index in [1.165, 1.54) is 0 Å². The zero-order valence-corrected chi connectivity index (χ0v) is 10.2. The number of rotatable bonds is 5. The molecule has 0 unspecified atom stereocenters. The molecule has 0 fully saturated rings. The van der Waals surface area contributed by atoms with Gasteiger partial charge < -0.3 is 4.79 Å². The van der Waals surface area contributed by atoms with Crippen LogP contribution in [0.15, 0.2) is 23.8 Å². The van der Waals surface area contributed by atoms with Crippen LogP contribution >= 0.6 is 11.6 Å². The number of alkyl halides is 1. The summed E-state index contributed by atoms with van der Waals surface area (Å²) in [5.74, 6) is 6.66. The lowest BCUT2D eigenvalue weighted by Gasteiger charge is -1.92. The molecule has 0 heterocycles. The van der Waals surface area contributed by atoms with E-state index < -0.39 is 0 Å². The molecule has 0 aliphatic rings. The molecule has 0 amide bonds. The van der Waals surface area contributed by atoms with Crippen molar-refractivity contribution in [2.45, 2.75) is 33.1 Å². The van der Waals surface area contributed by atoms with Crippen molar-refractivity contribution in [1.82, 2.24) is 0 Å². The highest BCUT2D eigenvalue weighted by molar-refractivity contribution is 6.19. The Labute approximate surface area is 97.2 Å². The van der Waals surface area contributed by atoms with Gasteiger partial charge in [0.1, 0.15) is 5.78 Å². The number of hydrogen-bond acceptors (Lipinski definition) is 1. The number of halogens is 1. The normalized spacial score (nSPS) is 10.5. The van der Waals surface area contributed by atoms with Crippen LogP contribution in [0.5, 0.6) is 0 Å². The van der Waals surface area contributed by atoms with Gasteiger partial charge in [0.2, 0.25) is 0 Å². The summed E-state index contributed by atoms with van der Waals surface area (Å²) in [7, 11) is 0. The average Bonchev–Trinajstić information content (AvgIpc) is 2.17. The minimum atomic E-state index is 0.211. The maximum atomic E-state index is 10.7. The van der Waals surface area contributed by atoms with Gasteiger partial charge in [0.05, 0.1) is 0 Å². The van der Waals surface area contributed by atoms with Crippen molar-refractivity contribution in [2.75, 3.05) is 5.88 Å². The van der Waals surface area contributed by atoms with E-state index in [0.717, 1.165) is 17.6 Å². The van der Waals surface area contributed by atoms with Crippen LogP contribution in [0, 0.1) is 11.8 Å². The zero-order valence-electron chi connectivity index (χ0n) is 9.40. The van der Waals surface area contributed by atoms with Crippen molar-refractivity contribution < 1.29 is 4.79 Å². The molecule has 1 nitrogen and oxygen atoms in total. The first-order valence-corrected chi connectivity index (χ1v) is 5.47. The summed E-state index contributed by atoms with van der Waals surface area (Å²) in [4.78, 5) is 10.7. The molecule has 0 radical (unpaired) electrons. The van der Waals surface area contributed by atoms with Gasteiger partial charge in [0, 0.05) is 18.7 Å². The van der Waals surface area contributed by atoms with E-state index in [0.29, 0.717) is 18.7 Å². The van der Waals surface area contributed by atoms with Crippen LogP contribution in [0.1, 0.15) is 33.1 Å². The van der Waals surface area contributed by atoms with E-state index in [9.17, 15) is 4.79 Å². The van der Waals surface area contributed by atoms with Crippen molar-refractivity contribution in [3.63, 3.8) is 0 Å². The molecular formula is C13H17ClO. The van der Waals surface area contributed by atoms with E-state index >= 15 is 0 Å². The number of ketones is 1. The van der Waals surface area contributed by atoms with Gasteiger partial charge in [-0.05, 0) is 25.8 Å². The molecule has 0 aromatic heterocycles. The minimum absolute atomic E-state index is 0.211. The third kappa shape index (κ3) is 9.31. The molecule has 0 saturated heterocycles. The molecule has 0 bridgehead atoms. The van der Waals surface area contributed by atoms with Crippen molar-refractivity contribution in [2.24, 2.45) is 0 Å². The molecule has 0 aliphatic carbocycles. The number of allylic oxidation sites excluding steroid dienone is 3. The Kier molecular flexibility index (Phi) is 7.77. The third-order valence-corrected chi connectivity index (χ3v) is 2.14. The standard InChI is InChI=1S/C13H17ClO/c1-11(7-5-9-13(3)15)6-4-8-12(2)10-14/h7H,2,5,8-10H2,1,3H3/b11-7+. The number of carbonyl (C=O) groups excluding carboxylic acids is 1. The van der Waals surface area contributed by atoms with Crippen molar-refractivity contribution in [3.8, 4) is 11.8 Å². The summed E-state index contributed by atoms with van der Waals surface area (Å²) in [6.45, 7) is 7.29. The first kappa shape index (κ1) is 14.0. The molecular weight excluding hydrogens is 208 g/mol. The van der Waals surface area contributed by atoms with E-state index in [4.69, 9.17) is 11.6 Å². The number of carbonyl (C=O) groups is 1. The fourth-order valence-corrected chi connectivity index (χ4v) is 0.993. The summed E-state index contributed by atoms with van der Waals surface area (Å²) in [5.41, 5.74) is 1.93. The van der Waals surface area contributed by atoms with E-state index in [1.54, 1.807) is 6.92 Å². The van der Waals surface area contributed by atoms with Crippen LogP contribution in [-0.2, 0) is 4.79 Å². The fraction of sp³-hybridized carbons (Fsp3) is 0.462. The van der Waals surface area contributed by atoms with Crippen molar-refractivity contribution >= 4 is 17.4 Å². The quantitative estimate of drug-likeness (QED) is 0.397. The fourth-order valence-electron chi connectivity index (χ4n) is 0.899. The lowest BCUT2D eigenvalue weighted by Crippen LogP contribution is -1.87. The van der Waals surface area contributed by atoms with E-state index in [-0.39, 0.29) is 5.78 Å². The van der Waals surface area contributed by atoms with Gasteiger partial charge in [0.25, 0.3) is 0 Å². The Hall–Kier alpha value is -1.00. The monoisotopic (exact) mass is 224 g/mol. The SMILES string of the molecule is C=C(CCl)CC#C/C(C)=C/CCC(C)=O. The minimum Gasteiger partial charge on any atom is -0.300 e. The highest BCUT2D eigenvalue weighted by Crippen LogP contribution is 2.01. The average molecular weight is 225 g/mol. The van der Waals surface area contributed by atoms with Crippen molar-refractivity contribution in [3.05, 3.63) is 23.8 Å². The first-order valence-electron chi connectivity index (χ1n) is 4.94. The molecule has 2 heteroatoms. The largest absolute Gasteiger partial charge is 0.300 e. The van der Waals surface area contributed by atoms with Gasteiger partial charge in [-0.2, -0.15) is 0 Å². The van der Waals surface area contributed by atoms with Crippen LogP contribution in [0.4, 0.5) is 0 Å². The van der Waals surface area contributed by atoms with Crippen LogP contribution in [0.2, 0.25) is 0 Å². The summed E-state index contributed by atoms with van der Waals surface area (Å²) in [6, 6.07) is 0. The molecule has 0 saturated carbocycles. The van der Waals surface area contributed by atoms with Crippen molar-refractivity contribution in [1.29, 1.82) is 0 Å². The number of hydrogen-bond donors (Lipinski definition) is 0. The third-order valence-electron chi connectivity index (χ3n) is 1.76. The van der Waals surface area contributed by atoms with Gasteiger partial charge in [0.15, 0.2) is 0 Å². The second-order valence-electron chi connectivity index (χ2n) is 3.49. The topological polar surface area (TPSA) is 17.1 Å². The predicted molar refractivity (Wildman–Crippen MR) is 65.9 cm³/mol. The molecule has 0 spiro atoms. The van der Waals surface area contributed by atoms with Gasteiger partial charge in [-0.1, -0.05) is 30.1 Å². The second kappa shape index (κ2) is 8.32. The zero-order chi connectivity index (χ0) is 11.7. The smallest absolute Gasteiger partial charge is 0.130 e. The lowest BCUT2D eigenvalue weighted by atomic mass is 10.1. The maximum absolute atomic E-state index is 10.7. The van der Waals surface area contributed by atoms with Gasteiger partial charge >= 0.3 is 0 Å². The Balaban J connectivity index is 3.94. The van der Waals surface area contributed by atoms with Gasteiger partial charge in [-0.3, -0.25) is 0 Å². The molecule has 0 rings (SSSR count). The van der Waals surface area contributed by atoms with Crippen LogP contribution < -0.4 is 0 Å². The number of Topliss-reactive ketones (excluding diaryl/α,β-unsaturated/α-hetero) is 1. The lowest BCUT2D eigenvalue weighted by molar-refractivity contribution is -0.116. The van der Waals surface area contributed by atoms with E-state index in [1.807, 2.05) is 13.0 Å². The summed E-state index contributed by atoms with van der Waals surface area (Å²) < 4.78 is 0. The highest BCUT2D eigenvalue weighted by atomic mass is 35.5. The molecule has 0 aliphatic heterocycles. The van der Waals surface area contributed by atoms with Crippen LogP contribution in [-0.4, -0.2) is 11.7 Å². The molecule has 0 aromatic carbocycles. The first-order chi connectivity index (χ1) is 7.06. The highest BCUT2D eigenvalue weighted by Gasteiger charge is 1.90.